The van der Waals surface area contributed by atoms with E-state index in [2.05, 4.69) is 30.9 Å². The predicted molar refractivity (Wildman–Crippen MR) is 126 cm³/mol. The van der Waals surface area contributed by atoms with E-state index >= 15 is 0 Å². The summed E-state index contributed by atoms with van der Waals surface area (Å²) in [6, 6.07) is 11.0. The molecule has 0 amide bonds. The van der Waals surface area contributed by atoms with E-state index in [1.165, 1.54) is 43.7 Å². The molecule has 6 heteroatoms. The lowest BCUT2D eigenvalue weighted by Gasteiger charge is -2.28. The minimum absolute atomic E-state index is 0.223. The Morgan fingerprint density at radius 2 is 2.07 bits per heavy atom. The molecule has 160 valence electrons. The summed E-state index contributed by atoms with van der Waals surface area (Å²) >= 11 is 3.56. The second-order valence-electron chi connectivity index (χ2n) is 7.19. The van der Waals surface area contributed by atoms with Crippen LogP contribution < -0.4 is 9.64 Å². The minimum atomic E-state index is -0.223. The zero-order chi connectivity index (χ0) is 21.3. The Balaban J connectivity index is 2.03. The number of fused-ring (bicyclic) bond motifs is 1. The van der Waals surface area contributed by atoms with Crippen molar-refractivity contribution < 1.29 is 13.9 Å². The van der Waals surface area contributed by atoms with E-state index in [4.69, 9.17) is 4.74 Å². The summed E-state index contributed by atoms with van der Waals surface area (Å²) in [7, 11) is 0. The van der Waals surface area contributed by atoms with Gasteiger partial charge in [0.1, 0.15) is 17.9 Å². The monoisotopic (exact) mass is 445 g/mol. The summed E-state index contributed by atoms with van der Waals surface area (Å²) < 4.78 is 19.3. The molecular weight excluding hydrogens is 417 g/mol. The zero-order valence-electron chi connectivity index (χ0n) is 17.5. The number of halogens is 1. The topological polar surface area (TPSA) is 29.5 Å². The predicted octanol–water partition coefficient (Wildman–Crippen LogP) is 7.08. The van der Waals surface area contributed by atoms with E-state index in [0.717, 1.165) is 45.0 Å². The highest BCUT2D eigenvalue weighted by atomic mass is 32.2. The van der Waals surface area contributed by atoms with Crippen LogP contribution >= 0.6 is 23.5 Å². The van der Waals surface area contributed by atoms with Crippen LogP contribution in [0.4, 0.5) is 15.8 Å². The number of ether oxygens (including phenoxy) is 1. The van der Waals surface area contributed by atoms with Crippen LogP contribution in [-0.4, -0.2) is 24.3 Å². The Bertz CT molecular complexity index is 870. The van der Waals surface area contributed by atoms with E-state index in [1.54, 1.807) is 11.8 Å². The first-order valence-corrected chi connectivity index (χ1v) is 12.4. The molecule has 3 nitrogen and oxygen atoms in total. The maximum absolute atomic E-state index is 13.6. The van der Waals surface area contributed by atoms with E-state index in [-0.39, 0.29) is 5.82 Å². The quantitative estimate of drug-likeness (QED) is 0.178. The lowest BCUT2D eigenvalue weighted by atomic mass is 10.0. The number of unbranched alkanes of at least 4 members (excludes halogenated alkanes) is 1. The number of carbonyl (C=O) groups excluding carboxylic acids is 1. The molecule has 2 aromatic carbocycles. The Kier molecular flexibility index (Phi) is 8.70. The van der Waals surface area contributed by atoms with Gasteiger partial charge in [0.25, 0.3) is 0 Å². The average Bonchev–Trinajstić information content (AvgIpc) is 2.93. The second kappa shape index (κ2) is 11.5. The van der Waals surface area contributed by atoms with Crippen LogP contribution in [0, 0.1) is 11.7 Å². The molecule has 3 rings (SSSR count). The molecule has 0 saturated heterocycles. The van der Waals surface area contributed by atoms with Gasteiger partial charge in [0, 0.05) is 29.0 Å². The average molecular weight is 446 g/mol. The number of allylic oxidation sites excluding steroid dienone is 1. The number of thioether (sulfide) groups is 2. The molecule has 0 aromatic heterocycles. The Morgan fingerprint density at radius 1 is 1.27 bits per heavy atom. The van der Waals surface area contributed by atoms with Crippen molar-refractivity contribution in [1.29, 1.82) is 0 Å². The second-order valence-corrected chi connectivity index (χ2v) is 9.56. The molecule has 0 saturated carbocycles. The Labute approximate surface area is 187 Å². The normalized spacial score (nSPS) is 16.4. The van der Waals surface area contributed by atoms with Gasteiger partial charge in [0.05, 0.1) is 16.8 Å². The van der Waals surface area contributed by atoms with Crippen LogP contribution in [0.1, 0.15) is 33.1 Å². The third kappa shape index (κ3) is 5.82. The summed E-state index contributed by atoms with van der Waals surface area (Å²) in [5.74, 6) is 3.04. The lowest BCUT2D eigenvalue weighted by Crippen LogP contribution is -2.25. The van der Waals surface area contributed by atoms with Crippen LogP contribution in [0.25, 0.3) is 0 Å². The minimum Gasteiger partial charge on any atom is -0.464 e. The molecule has 0 aliphatic carbocycles. The number of hydrogen-bond acceptors (Lipinski definition) is 5. The number of anilines is 2. The third-order valence-corrected chi connectivity index (χ3v) is 7.18. The molecule has 0 bridgehead atoms. The van der Waals surface area contributed by atoms with Crippen molar-refractivity contribution in [1.82, 2.24) is 0 Å². The van der Waals surface area contributed by atoms with Crippen molar-refractivity contribution in [3.05, 3.63) is 54.6 Å². The van der Waals surface area contributed by atoms with Crippen LogP contribution in [0.2, 0.25) is 0 Å². The van der Waals surface area contributed by atoms with Crippen LogP contribution in [-0.2, 0) is 4.79 Å². The van der Waals surface area contributed by atoms with Gasteiger partial charge >= 0.3 is 0 Å². The molecular formula is C24H28FNO2S2. The largest absolute Gasteiger partial charge is 0.464 e. The maximum atomic E-state index is 13.6. The first kappa shape index (κ1) is 22.8. The van der Waals surface area contributed by atoms with Gasteiger partial charge in [-0.15, -0.1) is 23.5 Å². The molecule has 1 unspecified atom stereocenters. The van der Waals surface area contributed by atoms with Crippen molar-refractivity contribution in [3.63, 3.8) is 0 Å². The fraction of sp³-hybridized carbons (Fsp3) is 0.375. The molecule has 0 N–H and O–H groups in total. The smallest absolute Gasteiger partial charge is 0.145 e. The number of nitrogens with zero attached hydrogens (tertiary/aromatic N) is 1. The first-order valence-electron chi connectivity index (χ1n) is 10.4. The maximum Gasteiger partial charge on any atom is 0.145 e. The van der Waals surface area contributed by atoms with Crippen molar-refractivity contribution in [2.24, 2.45) is 5.92 Å². The first-order chi connectivity index (χ1) is 14.7. The number of aldehydes is 1. The van der Waals surface area contributed by atoms with Crippen molar-refractivity contribution in [2.75, 3.05) is 23.0 Å². The summed E-state index contributed by atoms with van der Waals surface area (Å²) in [5, 5.41) is 0. The number of benzene rings is 2. The van der Waals surface area contributed by atoms with Gasteiger partial charge < -0.3 is 9.64 Å². The van der Waals surface area contributed by atoms with Gasteiger partial charge in [0.15, 0.2) is 0 Å². The summed E-state index contributed by atoms with van der Waals surface area (Å²) in [5.41, 5.74) is 2.14. The number of hydrogen-bond donors (Lipinski definition) is 0. The van der Waals surface area contributed by atoms with Crippen LogP contribution in [0.15, 0.2) is 58.5 Å². The third-order valence-electron chi connectivity index (χ3n) is 4.99. The van der Waals surface area contributed by atoms with Gasteiger partial charge in [-0.1, -0.05) is 26.7 Å². The van der Waals surface area contributed by atoms with Gasteiger partial charge in [-0.2, -0.15) is 0 Å². The number of rotatable bonds is 9. The van der Waals surface area contributed by atoms with Gasteiger partial charge in [-0.3, -0.25) is 4.79 Å². The lowest BCUT2D eigenvalue weighted by molar-refractivity contribution is -0.104. The molecule has 0 radical (unpaired) electrons. The fourth-order valence-electron chi connectivity index (χ4n) is 3.51. The zero-order valence-corrected chi connectivity index (χ0v) is 19.1. The van der Waals surface area contributed by atoms with Crippen molar-refractivity contribution in [3.8, 4) is 5.75 Å². The summed E-state index contributed by atoms with van der Waals surface area (Å²) in [6.45, 7) is 5.24. The fourth-order valence-corrected chi connectivity index (χ4v) is 5.46. The van der Waals surface area contributed by atoms with Gasteiger partial charge in [-0.25, -0.2) is 4.39 Å². The van der Waals surface area contributed by atoms with E-state index in [0.29, 0.717) is 12.2 Å². The molecule has 1 aliphatic rings. The highest BCUT2D eigenvalue weighted by Gasteiger charge is 2.25. The Hall–Kier alpha value is -1.92. The highest BCUT2D eigenvalue weighted by molar-refractivity contribution is 7.99. The van der Waals surface area contributed by atoms with E-state index in [9.17, 15) is 9.18 Å². The number of carbonyl (C=O) groups is 1. The molecule has 0 spiro atoms. The summed E-state index contributed by atoms with van der Waals surface area (Å²) in [6.07, 6.45) is 7.06. The van der Waals surface area contributed by atoms with Crippen molar-refractivity contribution >= 4 is 41.2 Å². The SMILES string of the molecule is CCCCC1CSc2cc(O/C=C/C=O)c(SCC)cc2N(c2ccc(F)cc2)C1. The molecule has 1 atom stereocenters. The van der Waals surface area contributed by atoms with E-state index < -0.39 is 0 Å². The van der Waals surface area contributed by atoms with Crippen LogP contribution in [0.3, 0.4) is 0 Å². The van der Waals surface area contributed by atoms with Crippen molar-refractivity contribution in [2.45, 2.75) is 42.9 Å². The van der Waals surface area contributed by atoms with E-state index in [1.807, 2.05) is 23.9 Å². The molecule has 2 aromatic rings. The summed E-state index contributed by atoms with van der Waals surface area (Å²) in [4.78, 5) is 15.1. The molecule has 0 fully saturated rings. The molecule has 1 aliphatic heterocycles. The standard InChI is InChI=1S/C24H28FNO2S2/c1-3-5-7-18-16-26(20-10-8-19(25)9-11-20)21-14-24(29-4-2)22(28-13-6-12-27)15-23(21)30-17-18/h6,8-15,18H,3-5,7,16-17H2,1-2H3/b13-6+. The van der Waals surface area contributed by atoms with Gasteiger partial charge in [-0.05, 0) is 54.5 Å². The highest BCUT2D eigenvalue weighted by Crippen LogP contribution is 2.45. The molecule has 30 heavy (non-hydrogen) atoms. The Morgan fingerprint density at radius 3 is 2.77 bits per heavy atom. The van der Waals surface area contributed by atoms with Gasteiger partial charge in [0.2, 0.25) is 0 Å². The van der Waals surface area contributed by atoms with Crippen LogP contribution in [0.5, 0.6) is 5.75 Å². The molecule has 1 heterocycles.